The monoisotopic (exact) mass is 307 g/mol. The lowest BCUT2D eigenvalue weighted by Crippen LogP contribution is -2.12. The van der Waals surface area contributed by atoms with Crippen molar-refractivity contribution in [1.29, 1.82) is 0 Å². The van der Waals surface area contributed by atoms with Crippen LogP contribution >= 0.6 is 0 Å². The summed E-state index contributed by atoms with van der Waals surface area (Å²) < 4.78 is 10.3. The van der Waals surface area contributed by atoms with E-state index in [1.165, 1.54) is 24.5 Å². The molecule has 0 bridgehead atoms. The standard InChI is InChI=1S/C18H13NO4/c19-13-8-9-15(23-18(21)16-7-4-10-22-16)14(11-13)17(20)12-5-2-1-3-6-12/h1-11H,19H2. The van der Waals surface area contributed by atoms with Gasteiger partial charge in [0.15, 0.2) is 5.78 Å². The van der Waals surface area contributed by atoms with E-state index in [0.29, 0.717) is 11.3 Å². The summed E-state index contributed by atoms with van der Waals surface area (Å²) in [7, 11) is 0. The lowest BCUT2D eigenvalue weighted by atomic mass is 10.0. The first-order valence-corrected chi connectivity index (χ1v) is 6.90. The van der Waals surface area contributed by atoms with Crippen molar-refractivity contribution in [2.24, 2.45) is 0 Å². The van der Waals surface area contributed by atoms with Crippen LogP contribution in [-0.2, 0) is 0 Å². The molecule has 0 atom stereocenters. The number of hydrogen-bond acceptors (Lipinski definition) is 5. The van der Waals surface area contributed by atoms with Crippen LogP contribution in [0.2, 0.25) is 0 Å². The molecule has 3 aromatic rings. The maximum absolute atomic E-state index is 12.6. The van der Waals surface area contributed by atoms with E-state index < -0.39 is 5.97 Å². The smallest absolute Gasteiger partial charge is 0.379 e. The third kappa shape index (κ3) is 3.13. The molecule has 114 valence electrons. The average molecular weight is 307 g/mol. The Hall–Kier alpha value is -3.34. The number of ether oxygens (including phenoxy) is 1. The third-order valence-electron chi connectivity index (χ3n) is 3.21. The van der Waals surface area contributed by atoms with Gasteiger partial charge in [-0.25, -0.2) is 4.79 Å². The molecule has 2 aromatic carbocycles. The minimum absolute atomic E-state index is 0.0555. The minimum atomic E-state index is -0.679. The van der Waals surface area contributed by atoms with E-state index in [0.717, 1.165) is 0 Å². The Kier molecular flexibility index (Phi) is 3.93. The van der Waals surface area contributed by atoms with Gasteiger partial charge >= 0.3 is 5.97 Å². The Morgan fingerprint density at radius 1 is 0.957 bits per heavy atom. The highest BCUT2D eigenvalue weighted by Crippen LogP contribution is 2.25. The van der Waals surface area contributed by atoms with Crippen molar-refractivity contribution in [1.82, 2.24) is 0 Å². The number of anilines is 1. The predicted octanol–water partition coefficient (Wildman–Crippen LogP) is 3.31. The Bertz CT molecular complexity index is 839. The molecule has 0 aliphatic rings. The summed E-state index contributed by atoms with van der Waals surface area (Å²) in [6.45, 7) is 0. The second-order valence-corrected chi connectivity index (χ2v) is 4.82. The van der Waals surface area contributed by atoms with Crippen molar-refractivity contribution in [2.45, 2.75) is 0 Å². The topological polar surface area (TPSA) is 82.5 Å². The number of esters is 1. The predicted molar refractivity (Wildman–Crippen MR) is 84.4 cm³/mol. The highest BCUT2D eigenvalue weighted by atomic mass is 16.5. The average Bonchev–Trinajstić information content (AvgIpc) is 3.11. The van der Waals surface area contributed by atoms with Gasteiger partial charge in [0.2, 0.25) is 5.76 Å². The number of carbonyl (C=O) groups excluding carboxylic acids is 2. The van der Waals surface area contributed by atoms with Crippen LogP contribution in [0.4, 0.5) is 5.69 Å². The van der Waals surface area contributed by atoms with Crippen molar-refractivity contribution >= 4 is 17.4 Å². The van der Waals surface area contributed by atoms with Crippen LogP contribution in [0.5, 0.6) is 5.75 Å². The molecule has 23 heavy (non-hydrogen) atoms. The van der Waals surface area contributed by atoms with E-state index in [1.54, 1.807) is 36.4 Å². The number of nitrogens with two attached hydrogens (primary N) is 1. The second-order valence-electron chi connectivity index (χ2n) is 4.82. The Labute approximate surface area is 132 Å². The molecule has 0 saturated carbocycles. The fraction of sp³-hybridized carbons (Fsp3) is 0. The number of furan rings is 1. The van der Waals surface area contributed by atoms with E-state index in [2.05, 4.69) is 0 Å². The molecule has 0 unspecified atom stereocenters. The zero-order valence-corrected chi connectivity index (χ0v) is 12.1. The first-order valence-electron chi connectivity index (χ1n) is 6.90. The Balaban J connectivity index is 1.95. The van der Waals surface area contributed by atoms with E-state index in [-0.39, 0.29) is 22.9 Å². The van der Waals surface area contributed by atoms with Crippen molar-refractivity contribution in [3.63, 3.8) is 0 Å². The lowest BCUT2D eigenvalue weighted by Gasteiger charge is -2.09. The number of benzene rings is 2. The molecule has 5 nitrogen and oxygen atoms in total. The second kappa shape index (κ2) is 6.19. The third-order valence-corrected chi connectivity index (χ3v) is 3.21. The van der Waals surface area contributed by atoms with Gasteiger partial charge < -0.3 is 14.9 Å². The molecule has 0 radical (unpaired) electrons. The van der Waals surface area contributed by atoms with Crippen LogP contribution in [0.15, 0.2) is 71.3 Å². The Morgan fingerprint density at radius 3 is 2.43 bits per heavy atom. The number of rotatable bonds is 4. The molecule has 1 heterocycles. The fourth-order valence-electron chi connectivity index (χ4n) is 2.10. The van der Waals surface area contributed by atoms with Gasteiger partial charge in [0.1, 0.15) is 5.75 Å². The van der Waals surface area contributed by atoms with Gasteiger partial charge in [-0.3, -0.25) is 4.79 Å². The normalized spacial score (nSPS) is 10.3. The summed E-state index contributed by atoms with van der Waals surface area (Å²) in [5.74, 6) is -0.767. The summed E-state index contributed by atoms with van der Waals surface area (Å²) >= 11 is 0. The van der Waals surface area contributed by atoms with Gasteiger partial charge in [0.25, 0.3) is 0 Å². The quantitative estimate of drug-likeness (QED) is 0.346. The molecular weight excluding hydrogens is 294 g/mol. The van der Waals surface area contributed by atoms with Gasteiger partial charge in [0.05, 0.1) is 11.8 Å². The maximum atomic E-state index is 12.6. The zero-order chi connectivity index (χ0) is 16.2. The lowest BCUT2D eigenvalue weighted by molar-refractivity contribution is 0.0699. The van der Waals surface area contributed by atoms with Crippen LogP contribution in [0.3, 0.4) is 0 Å². The van der Waals surface area contributed by atoms with E-state index in [4.69, 9.17) is 14.9 Å². The molecule has 0 spiro atoms. The number of ketones is 1. The summed E-state index contributed by atoms with van der Waals surface area (Å²) in [5, 5.41) is 0. The number of nitrogen functional groups attached to an aromatic ring is 1. The van der Waals surface area contributed by atoms with Crippen molar-refractivity contribution < 1.29 is 18.7 Å². The molecular formula is C18H13NO4. The molecule has 1 aromatic heterocycles. The van der Waals surface area contributed by atoms with Crippen molar-refractivity contribution in [3.05, 3.63) is 83.8 Å². The molecule has 0 aliphatic heterocycles. The largest absolute Gasteiger partial charge is 0.457 e. The molecule has 0 amide bonds. The van der Waals surface area contributed by atoms with E-state index in [1.807, 2.05) is 6.07 Å². The molecule has 5 heteroatoms. The van der Waals surface area contributed by atoms with Gasteiger partial charge in [-0.05, 0) is 30.3 Å². The van der Waals surface area contributed by atoms with Crippen LogP contribution in [-0.4, -0.2) is 11.8 Å². The maximum Gasteiger partial charge on any atom is 0.379 e. The number of carbonyl (C=O) groups is 2. The van der Waals surface area contributed by atoms with E-state index in [9.17, 15) is 9.59 Å². The zero-order valence-electron chi connectivity index (χ0n) is 12.1. The fourth-order valence-corrected chi connectivity index (χ4v) is 2.10. The highest BCUT2D eigenvalue weighted by Gasteiger charge is 2.19. The van der Waals surface area contributed by atoms with Crippen LogP contribution < -0.4 is 10.5 Å². The number of hydrogen-bond donors (Lipinski definition) is 1. The van der Waals surface area contributed by atoms with E-state index >= 15 is 0 Å². The van der Waals surface area contributed by atoms with Gasteiger partial charge in [0, 0.05) is 11.3 Å². The van der Waals surface area contributed by atoms with Gasteiger partial charge in [-0.2, -0.15) is 0 Å². The SMILES string of the molecule is Nc1ccc(OC(=O)c2ccco2)c(C(=O)c2ccccc2)c1. The van der Waals surface area contributed by atoms with Crippen molar-refractivity contribution in [3.8, 4) is 5.75 Å². The minimum Gasteiger partial charge on any atom is -0.457 e. The Morgan fingerprint density at radius 2 is 1.74 bits per heavy atom. The van der Waals surface area contributed by atoms with Crippen molar-refractivity contribution in [2.75, 3.05) is 5.73 Å². The van der Waals surface area contributed by atoms with Gasteiger partial charge in [-0.1, -0.05) is 30.3 Å². The molecule has 0 aliphatic carbocycles. The summed E-state index contributed by atoms with van der Waals surface area (Å²) in [6, 6.07) is 16.3. The van der Waals surface area contributed by atoms with Gasteiger partial charge in [-0.15, -0.1) is 0 Å². The molecule has 0 fully saturated rings. The molecule has 2 N–H and O–H groups in total. The first kappa shape index (κ1) is 14.6. The summed E-state index contributed by atoms with van der Waals surface area (Å²) in [5.41, 5.74) is 6.86. The molecule has 0 saturated heterocycles. The molecule has 3 rings (SSSR count). The first-order chi connectivity index (χ1) is 11.1. The van der Waals surface area contributed by atoms with Crippen LogP contribution in [0.1, 0.15) is 26.5 Å². The summed E-state index contributed by atoms with van der Waals surface area (Å²) in [4.78, 5) is 24.6. The summed E-state index contributed by atoms with van der Waals surface area (Å²) in [6.07, 6.45) is 1.37. The van der Waals surface area contributed by atoms with Crippen LogP contribution in [0.25, 0.3) is 0 Å². The van der Waals surface area contributed by atoms with Crippen LogP contribution in [0, 0.1) is 0 Å². The highest BCUT2D eigenvalue weighted by molar-refractivity contribution is 6.11.